The Morgan fingerprint density at radius 1 is 0.857 bits per heavy atom. The molecule has 0 radical (unpaired) electrons. The number of benzene rings is 2. The van der Waals surface area contributed by atoms with E-state index < -0.39 is 0 Å². The minimum atomic E-state index is -0.00812. The summed E-state index contributed by atoms with van der Waals surface area (Å²) in [7, 11) is 0. The number of alkyl halides is 1. The summed E-state index contributed by atoms with van der Waals surface area (Å²) in [6.07, 6.45) is 0. The molecule has 0 spiro atoms. The van der Waals surface area contributed by atoms with Crippen LogP contribution >= 0.6 is 11.6 Å². The van der Waals surface area contributed by atoms with Crippen molar-refractivity contribution >= 4 is 23.2 Å². The monoisotopic (exact) mass is 412 g/mol. The number of ketones is 2. The van der Waals surface area contributed by atoms with Gasteiger partial charge in [-0.15, -0.1) is 11.6 Å². The average molecular weight is 413 g/mol. The third-order valence-electron chi connectivity index (χ3n) is 2.86. The first kappa shape index (κ1) is 27.8. The molecule has 6 nitrogen and oxygen atoms in total. The van der Waals surface area contributed by atoms with Crippen LogP contribution in [-0.2, 0) is 22.8 Å². The highest BCUT2D eigenvalue weighted by Gasteiger charge is 1.96. The Labute approximate surface area is 171 Å². The predicted octanol–water partition coefficient (Wildman–Crippen LogP) is 3.48. The molecule has 0 heterocycles. The van der Waals surface area contributed by atoms with Gasteiger partial charge in [-0.1, -0.05) is 31.7 Å². The number of hydrogen-bond donors (Lipinski definition) is 3. The third-order valence-corrected chi connectivity index (χ3v) is 3.23. The van der Waals surface area contributed by atoms with Gasteiger partial charge in [-0.25, -0.2) is 0 Å². The van der Waals surface area contributed by atoms with Crippen molar-refractivity contribution in [2.45, 2.75) is 34.5 Å². The Balaban J connectivity index is 0. The number of halogens is 1. The third kappa shape index (κ3) is 14.7. The highest BCUT2D eigenvalue weighted by Crippen LogP contribution is 2.11. The summed E-state index contributed by atoms with van der Waals surface area (Å²) in [6, 6.07) is 13.4. The molecule has 0 bridgehead atoms. The van der Waals surface area contributed by atoms with Gasteiger partial charge in [0.25, 0.3) is 0 Å². The second-order valence-electron chi connectivity index (χ2n) is 5.45. The maximum atomic E-state index is 10.6. The fraction of sp³-hybridized carbons (Fsp3) is 0.333. The lowest BCUT2D eigenvalue weighted by atomic mass is 10.2. The maximum absolute atomic E-state index is 10.6. The van der Waals surface area contributed by atoms with E-state index in [1.807, 2.05) is 0 Å². The number of phenolic OH excluding ortho intramolecular Hbond substituents is 1. The summed E-state index contributed by atoms with van der Waals surface area (Å²) in [5, 5.41) is 26.1. The molecule has 156 valence electrons. The van der Waals surface area contributed by atoms with Crippen molar-refractivity contribution < 1.29 is 29.6 Å². The standard InChI is InChI=1S/C10H12O3.C7H8O2.C3H5ClO.CH4/c1-8(12)7-13-10-4-2-9(6-11)3-5-10;8-5-6-1-3-7(9)4-2-6;1-3(5)2-4;/h2-5,11H,6-7H2,1H3;1-4,8-9H,5H2;2H2,1H3;1H4. The molecule has 28 heavy (non-hydrogen) atoms. The van der Waals surface area contributed by atoms with Crippen LogP contribution in [0.15, 0.2) is 48.5 Å². The average Bonchev–Trinajstić information content (AvgIpc) is 2.68. The van der Waals surface area contributed by atoms with Crippen LogP contribution in [0, 0.1) is 0 Å². The smallest absolute Gasteiger partial charge is 0.167 e. The molecule has 0 aliphatic heterocycles. The number of aliphatic hydroxyl groups is 2. The molecule has 0 aliphatic carbocycles. The van der Waals surface area contributed by atoms with Crippen LogP contribution in [0.3, 0.4) is 0 Å². The van der Waals surface area contributed by atoms with Crippen LogP contribution in [-0.4, -0.2) is 39.4 Å². The van der Waals surface area contributed by atoms with Crippen molar-refractivity contribution in [3.63, 3.8) is 0 Å². The SMILES string of the molecule is C.CC(=O)CCl.CC(=O)COc1ccc(CO)cc1.OCc1ccc(O)cc1. The van der Waals surface area contributed by atoms with Gasteiger partial charge in [-0.05, 0) is 49.2 Å². The lowest BCUT2D eigenvalue weighted by Gasteiger charge is -2.03. The Morgan fingerprint density at radius 3 is 1.57 bits per heavy atom. The van der Waals surface area contributed by atoms with Gasteiger partial charge in [0.05, 0.1) is 19.1 Å². The minimum absolute atomic E-state index is 0. The number of Topliss-reactive ketones (excluding diaryl/α,β-unsaturated/α-hetero) is 2. The van der Waals surface area contributed by atoms with E-state index >= 15 is 0 Å². The van der Waals surface area contributed by atoms with Gasteiger partial charge in [-0.3, -0.25) is 9.59 Å². The number of rotatable bonds is 6. The first-order valence-electron chi connectivity index (χ1n) is 8.08. The molecule has 0 atom stereocenters. The van der Waals surface area contributed by atoms with Crippen LogP contribution in [0.1, 0.15) is 32.4 Å². The predicted molar refractivity (Wildman–Crippen MR) is 111 cm³/mol. The number of hydrogen-bond acceptors (Lipinski definition) is 6. The van der Waals surface area contributed by atoms with Gasteiger partial charge in [0.2, 0.25) is 0 Å². The molecule has 7 heteroatoms. The molecule has 2 aromatic carbocycles. The van der Waals surface area contributed by atoms with E-state index in [2.05, 4.69) is 0 Å². The van der Waals surface area contributed by atoms with Gasteiger partial charge in [0.15, 0.2) is 5.78 Å². The molecule has 2 rings (SSSR count). The molecule has 0 unspecified atom stereocenters. The van der Waals surface area contributed by atoms with Crippen molar-refractivity contribution in [3.05, 3.63) is 59.7 Å². The Morgan fingerprint density at radius 2 is 1.25 bits per heavy atom. The zero-order chi connectivity index (χ0) is 20.7. The van der Waals surface area contributed by atoms with E-state index in [1.54, 1.807) is 48.5 Å². The summed E-state index contributed by atoms with van der Waals surface area (Å²) in [5.41, 5.74) is 1.64. The highest BCUT2D eigenvalue weighted by atomic mass is 35.5. The number of aromatic hydroxyl groups is 1. The van der Waals surface area contributed by atoms with Gasteiger partial charge >= 0.3 is 0 Å². The van der Waals surface area contributed by atoms with Crippen LogP contribution in [0.25, 0.3) is 0 Å². The number of phenols is 1. The van der Waals surface area contributed by atoms with Crippen LogP contribution < -0.4 is 4.74 Å². The molecular weight excluding hydrogens is 384 g/mol. The minimum Gasteiger partial charge on any atom is -0.508 e. The zero-order valence-electron chi connectivity index (χ0n) is 15.4. The molecule has 0 saturated carbocycles. The van der Waals surface area contributed by atoms with Crippen molar-refractivity contribution in [2.75, 3.05) is 12.5 Å². The normalized spacial score (nSPS) is 8.89. The van der Waals surface area contributed by atoms with E-state index in [1.165, 1.54) is 13.8 Å². The fourth-order valence-electron chi connectivity index (χ4n) is 1.48. The van der Waals surface area contributed by atoms with Crippen LogP contribution in [0.2, 0.25) is 0 Å². The van der Waals surface area contributed by atoms with E-state index in [9.17, 15) is 9.59 Å². The Bertz CT molecular complexity index is 668. The van der Waals surface area contributed by atoms with Crippen LogP contribution in [0.5, 0.6) is 11.5 Å². The number of aliphatic hydroxyl groups excluding tert-OH is 2. The summed E-state index contributed by atoms with van der Waals surface area (Å²) < 4.78 is 5.14. The summed E-state index contributed by atoms with van der Waals surface area (Å²) in [5.74, 6) is 1.03. The lowest BCUT2D eigenvalue weighted by Crippen LogP contribution is -2.06. The van der Waals surface area contributed by atoms with Gasteiger partial charge in [0.1, 0.15) is 23.9 Å². The van der Waals surface area contributed by atoms with E-state index in [-0.39, 0.29) is 50.4 Å². The summed E-state index contributed by atoms with van der Waals surface area (Å²) >= 11 is 4.99. The highest BCUT2D eigenvalue weighted by molar-refractivity contribution is 6.27. The summed E-state index contributed by atoms with van der Waals surface area (Å²) in [4.78, 5) is 20.3. The Hall–Kier alpha value is -2.41. The zero-order valence-corrected chi connectivity index (χ0v) is 16.1. The first-order valence-corrected chi connectivity index (χ1v) is 8.62. The van der Waals surface area contributed by atoms with Crippen molar-refractivity contribution in [2.24, 2.45) is 0 Å². The molecule has 2 aromatic rings. The second-order valence-corrected chi connectivity index (χ2v) is 5.72. The van der Waals surface area contributed by atoms with E-state index in [4.69, 9.17) is 31.7 Å². The summed E-state index contributed by atoms with van der Waals surface area (Å²) in [6.45, 7) is 3.07. The molecule has 0 aliphatic rings. The topological polar surface area (TPSA) is 104 Å². The van der Waals surface area contributed by atoms with Gasteiger partial charge in [0, 0.05) is 0 Å². The number of ether oxygens (including phenoxy) is 1. The molecular formula is C21H29ClO6. The molecule has 3 N–H and O–H groups in total. The molecule has 0 amide bonds. The number of carbonyl (C=O) groups excluding carboxylic acids is 2. The van der Waals surface area contributed by atoms with E-state index in [0.29, 0.717) is 5.75 Å². The second kappa shape index (κ2) is 16.7. The van der Waals surface area contributed by atoms with Gasteiger partial charge in [-0.2, -0.15) is 0 Å². The van der Waals surface area contributed by atoms with Crippen LogP contribution in [0.4, 0.5) is 0 Å². The molecule has 0 fully saturated rings. The van der Waals surface area contributed by atoms with Crippen molar-refractivity contribution in [1.29, 1.82) is 0 Å². The molecule has 0 aromatic heterocycles. The maximum Gasteiger partial charge on any atom is 0.167 e. The van der Waals surface area contributed by atoms with E-state index in [0.717, 1.165) is 11.1 Å². The van der Waals surface area contributed by atoms with Crippen molar-refractivity contribution in [1.82, 2.24) is 0 Å². The first-order chi connectivity index (χ1) is 12.8. The quantitative estimate of drug-likeness (QED) is 0.627. The lowest BCUT2D eigenvalue weighted by molar-refractivity contribution is -0.119. The fourth-order valence-corrected chi connectivity index (χ4v) is 1.48. The van der Waals surface area contributed by atoms with Gasteiger partial charge < -0.3 is 20.1 Å². The van der Waals surface area contributed by atoms with Crippen molar-refractivity contribution in [3.8, 4) is 11.5 Å². The Kier molecular flexibility index (Phi) is 16.6. The largest absolute Gasteiger partial charge is 0.508 e. The number of carbonyl (C=O) groups is 2. The molecule has 0 saturated heterocycles.